The first-order chi connectivity index (χ1) is 12.0. The van der Waals surface area contributed by atoms with Gasteiger partial charge in [-0.2, -0.15) is 0 Å². The van der Waals surface area contributed by atoms with Crippen LogP contribution in [0, 0.1) is 0 Å². The van der Waals surface area contributed by atoms with Crippen LogP contribution in [0.3, 0.4) is 0 Å². The molecule has 1 aromatic carbocycles. The molecule has 0 saturated carbocycles. The molecule has 25 heavy (non-hydrogen) atoms. The summed E-state index contributed by atoms with van der Waals surface area (Å²) >= 11 is 0. The van der Waals surface area contributed by atoms with Crippen LogP contribution in [-0.2, 0) is 16.1 Å². The van der Waals surface area contributed by atoms with Gasteiger partial charge in [-0.05, 0) is 26.0 Å². The lowest BCUT2D eigenvalue weighted by molar-refractivity contribution is -0.143. The maximum Gasteiger partial charge on any atom is 0.297 e. The minimum Gasteiger partial charge on any atom is -0.448 e. The third kappa shape index (κ3) is 2.80. The summed E-state index contributed by atoms with van der Waals surface area (Å²) in [5.74, 6) is -0.124. The fourth-order valence-electron chi connectivity index (χ4n) is 3.36. The van der Waals surface area contributed by atoms with Gasteiger partial charge < -0.3 is 14.1 Å². The zero-order valence-corrected chi connectivity index (χ0v) is 14.1. The van der Waals surface area contributed by atoms with Crippen molar-refractivity contribution in [2.24, 2.45) is 0 Å². The summed E-state index contributed by atoms with van der Waals surface area (Å²) in [5.41, 5.74) is 0.976. The second kappa shape index (κ2) is 6.00. The van der Waals surface area contributed by atoms with Crippen molar-refractivity contribution < 1.29 is 13.9 Å². The normalized spacial score (nSPS) is 21.1. The molecule has 7 heteroatoms. The first-order valence-electron chi connectivity index (χ1n) is 8.33. The Morgan fingerprint density at radius 2 is 1.96 bits per heavy atom. The predicted octanol–water partition coefficient (Wildman–Crippen LogP) is 1.78. The SMILES string of the molecule is C[C@@H]1CN(C(=O)Cn2cnc3c(oc4ccccc43)c2=O)C[C@H](C)O1. The van der Waals surface area contributed by atoms with Crippen LogP contribution in [0.4, 0.5) is 0 Å². The molecule has 3 aromatic rings. The number of fused-ring (bicyclic) bond motifs is 3. The molecule has 2 atom stereocenters. The summed E-state index contributed by atoms with van der Waals surface area (Å²) in [6.07, 6.45) is 1.39. The van der Waals surface area contributed by atoms with E-state index < -0.39 is 0 Å². The molecular formula is C18H19N3O4. The molecule has 1 aliphatic heterocycles. The van der Waals surface area contributed by atoms with Crippen molar-refractivity contribution in [1.82, 2.24) is 14.5 Å². The Bertz CT molecular complexity index is 996. The van der Waals surface area contributed by atoms with Crippen LogP contribution in [0.1, 0.15) is 13.8 Å². The monoisotopic (exact) mass is 341 g/mol. The number of aromatic nitrogens is 2. The molecule has 4 rings (SSSR count). The molecule has 1 saturated heterocycles. The molecule has 1 aliphatic rings. The molecule has 2 aromatic heterocycles. The van der Waals surface area contributed by atoms with Gasteiger partial charge in [0.2, 0.25) is 11.5 Å². The van der Waals surface area contributed by atoms with Crippen LogP contribution in [0.25, 0.3) is 22.1 Å². The molecule has 0 radical (unpaired) electrons. The largest absolute Gasteiger partial charge is 0.448 e. The minimum atomic E-state index is -0.344. The Hall–Kier alpha value is -2.67. The Balaban J connectivity index is 1.65. The maximum absolute atomic E-state index is 12.7. The van der Waals surface area contributed by atoms with Crippen LogP contribution in [0.2, 0.25) is 0 Å². The Labute approximate surface area is 143 Å². The number of carbonyl (C=O) groups excluding carboxylic acids is 1. The van der Waals surface area contributed by atoms with E-state index in [0.717, 1.165) is 5.39 Å². The molecule has 1 fully saturated rings. The van der Waals surface area contributed by atoms with Gasteiger partial charge >= 0.3 is 0 Å². The zero-order chi connectivity index (χ0) is 17.6. The molecule has 1 amide bonds. The van der Waals surface area contributed by atoms with Crippen LogP contribution in [-0.4, -0.2) is 45.7 Å². The van der Waals surface area contributed by atoms with Gasteiger partial charge in [0.1, 0.15) is 17.6 Å². The number of furan rings is 1. The summed E-state index contributed by atoms with van der Waals surface area (Å²) in [5, 5.41) is 0.795. The standard InChI is InChI=1S/C18H19N3O4/c1-11-7-20(8-12(2)24-11)15(22)9-21-10-19-16-13-5-3-4-6-14(13)25-17(16)18(21)23/h3-6,10-12H,7-9H2,1-2H3/t11-,12+. The van der Waals surface area contributed by atoms with Crippen LogP contribution in [0.5, 0.6) is 0 Å². The minimum absolute atomic E-state index is 0.0135. The van der Waals surface area contributed by atoms with E-state index in [9.17, 15) is 9.59 Å². The number of amides is 1. The molecule has 0 bridgehead atoms. The molecule has 0 unspecified atom stereocenters. The Morgan fingerprint density at radius 3 is 2.72 bits per heavy atom. The number of carbonyl (C=O) groups is 1. The van der Waals surface area contributed by atoms with Crippen molar-refractivity contribution >= 4 is 28.0 Å². The van der Waals surface area contributed by atoms with Gasteiger partial charge in [-0.3, -0.25) is 14.2 Å². The number of nitrogens with zero attached hydrogens (tertiary/aromatic N) is 3. The Morgan fingerprint density at radius 1 is 1.24 bits per heavy atom. The van der Waals surface area contributed by atoms with Crippen LogP contribution < -0.4 is 5.56 Å². The van der Waals surface area contributed by atoms with Gasteiger partial charge in [0, 0.05) is 18.5 Å². The lowest BCUT2D eigenvalue weighted by atomic mass is 10.2. The first-order valence-corrected chi connectivity index (χ1v) is 8.33. The zero-order valence-electron chi connectivity index (χ0n) is 14.1. The number of hydrogen-bond donors (Lipinski definition) is 0. The van der Waals surface area contributed by atoms with Gasteiger partial charge in [-0.25, -0.2) is 4.98 Å². The highest BCUT2D eigenvalue weighted by Gasteiger charge is 2.26. The summed E-state index contributed by atoms with van der Waals surface area (Å²) in [4.78, 5) is 31.3. The van der Waals surface area contributed by atoms with E-state index in [1.165, 1.54) is 10.9 Å². The van der Waals surface area contributed by atoms with E-state index in [1.54, 1.807) is 11.0 Å². The summed E-state index contributed by atoms with van der Waals surface area (Å²) in [7, 11) is 0. The highest BCUT2D eigenvalue weighted by molar-refractivity contribution is 6.01. The quantitative estimate of drug-likeness (QED) is 0.710. The molecule has 0 spiro atoms. The van der Waals surface area contributed by atoms with Crippen molar-refractivity contribution in [3.8, 4) is 0 Å². The van der Waals surface area contributed by atoms with Crippen molar-refractivity contribution in [2.75, 3.05) is 13.1 Å². The van der Waals surface area contributed by atoms with Gasteiger partial charge in [0.25, 0.3) is 5.56 Å². The van der Waals surface area contributed by atoms with E-state index in [0.29, 0.717) is 24.2 Å². The van der Waals surface area contributed by atoms with Gasteiger partial charge in [-0.1, -0.05) is 12.1 Å². The molecule has 3 heterocycles. The number of hydrogen-bond acceptors (Lipinski definition) is 5. The molecular weight excluding hydrogens is 322 g/mol. The molecule has 7 nitrogen and oxygen atoms in total. The highest BCUT2D eigenvalue weighted by atomic mass is 16.5. The second-order valence-corrected chi connectivity index (χ2v) is 6.51. The number of morpholine rings is 1. The van der Waals surface area contributed by atoms with Crippen molar-refractivity contribution in [2.45, 2.75) is 32.6 Å². The van der Waals surface area contributed by atoms with Crippen molar-refractivity contribution in [3.05, 3.63) is 40.9 Å². The number of rotatable bonds is 2. The smallest absolute Gasteiger partial charge is 0.297 e. The number of ether oxygens (including phenoxy) is 1. The van der Waals surface area contributed by atoms with E-state index in [1.807, 2.05) is 32.0 Å². The lowest BCUT2D eigenvalue weighted by Crippen LogP contribution is -2.49. The van der Waals surface area contributed by atoms with E-state index in [-0.39, 0.29) is 35.8 Å². The topological polar surface area (TPSA) is 77.6 Å². The van der Waals surface area contributed by atoms with E-state index in [2.05, 4.69) is 4.98 Å². The van der Waals surface area contributed by atoms with Gasteiger partial charge in [0.05, 0.1) is 18.5 Å². The van der Waals surface area contributed by atoms with Crippen LogP contribution >= 0.6 is 0 Å². The lowest BCUT2D eigenvalue weighted by Gasteiger charge is -2.35. The molecule has 0 aliphatic carbocycles. The highest BCUT2D eigenvalue weighted by Crippen LogP contribution is 2.24. The van der Waals surface area contributed by atoms with E-state index in [4.69, 9.17) is 9.15 Å². The van der Waals surface area contributed by atoms with E-state index >= 15 is 0 Å². The third-order valence-corrected chi connectivity index (χ3v) is 4.43. The fourth-order valence-corrected chi connectivity index (χ4v) is 3.36. The first kappa shape index (κ1) is 15.8. The summed E-state index contributed by atoms with van der Waals surface area (Å²) in [6.45, 7) is 4.86. The van der Waals surface area contributed by atoms with Crippen molar-refractivity contribution in [1.29, 1.82) is 0 Å². The third-order valence-electron chi connectivity index (χ3n) is 4.43. The van der Waals surface area contributed by atoms with Crippen molar-refractivity contribution in [3.63, 3.8) is 0 Å². The average molecular weight is 341 g/mol. The average Bonchev–Trinajstić information content (AvgIpc) is 2.96. The number of para-hydroxylation sites is 1. The second-order valence-electron chi connectivity index (χ2n) is 6.51. The summed E-state index contributed by atoms with van der Waals surface area (Å²) < 4.78 is 12.6. The molecule has 130 valence electrons. The fraction of sp³-hybridized carbons (Fsp3) is 0.389. The number of benzene rings is 1. The van der Waals surface area contributed by atoms with Gasteiger partial charge in [-0.15, -0.1) is 0 Å². The predicted molar refractivity (Wildman–Crippen MR) is 92.4 cm³/mol. The van der Waals surface area contributed by atoms with Crippen LogP contribution in [0.15, 0.2) is 39.8 Å². The molecule has 0 N–H and O–H groups in total. The Kier molecular flexibility index (Phi) is 3.80. The van der Waals surface area contributed by atoms with Gasteiger partial charge in [0.15, 0.2) is 0 Å². The summed E-state index contributed by atoms with van der Waals surface area (Å²) in [6, 6.07) is 7.37. The maximum atomic E-state index is 12.7.